The zero-order valence-electron chi connectivity index (χ0n) is 17.8. The number of hydrogen-bond donors (Lipinski definition) is 1. The van der Waals surface area contributed by atoms with Gasteiger partial charge in [-0.15, -0.1) is 11.3 Å². The van der Waals surface area contributed by atoms with Gasteiger partial charge < -0.3 is 10.1 Å². The summed E-state index contributed by atoms with van der Waals surface area (Å²) in [5, 5.41) is 8.55. The normalized spacial score (nSPS) is 11.0. The molecule has 3 aromatic heterocycles. The Morgan fingerprint density at radius 3 is 2.66 bits per heavy atom. The molecule has 32 heavy (non-hydrogen) atoms. The number of methoxy groups -OCH3 is 1. The van der Waals surface area contributed by atoms with E-state index in [0.717, 1.165) is 27.8 Å². The molecule has 0 aliphatic heterocycles. The molecule has 0 aliphatic rings. The van der Waals surface area contributed by atoms with E-state index >= 15 is 0 Å². The van der Waals surface area contributed by atoms with E-state index < -0.39 is 5.97 Å². The molecule has 164 valence electrons. The van der Waals surface area contributed by atoms with Gasteiger partial charge in [-0.2, -0.15) is 5.10 Å². The third kappa shape index (κ3) is 4.11. The maximum atomic E-state index is 13.3. The van der Waals surface area contributed by atoms with Gasteiger partial charge in [-0.25, -0.2) is 18.9 Å². The van der Waals surface area contributed by atoms with Crippen molar-refractivity contribution in [3.05, 3.63) is 64.5 Å². The number of carbonyl (C=O) groups excluding carboxylic acids is 2. The third-order valence-electron chi connectivity index (χ3n) is 5.05. The fourth-order valence-corrected chi connectivity index (χ4v) is 4.54. The van der Waals surface area contributed by atoms with Crippen molar-refractivity contribution in [3.63, 3.8) is 0 Å². The van der Waals surface area contributed by atoms with Crippen molar-refractivity contribution in [2.24, 2.45) is 0 Å². The average Bonchev–Trinajstić information content (AvgIpc) is 3.34. The molecule has 1 aromatic carbocycles. The summed E-state index contributed by atoms with van der Waals surface area (Å²) < 4.78 is 19.7. The first-order valence-electron chi connectivity index (χ1n) is 10.00. The number of nitrogens with zero attached hydrogens (tertiary/aromatic N) is 3. The summed E-state index contributed by atoms with van der Waals surface area (Å²) in [6, 6.07) is 9.78. The van der Waals surface area contributed by atoms with E-state index in [2.05, 4.69) is 15.4 Å². The minimum atomic E-state index is -0.498. The Morgan fingerprint density at radius 1 is 1.22 bits per heavy atom. The molecule has 0 radical (unpaired) electrons. The quantitative estimate of drug-likeness (QED) is 0.432. The number of amides is 1. The molecule has 3 heterocycles. The summed E-state index contributed by atoms with van der Waals surface area (Å²) in [6.45, 7) is 3.74. The van der Waals surface area contributed by atoms with Crippen molar-refractivity contribution in [3.8, 4) is 11.1 Å². The smallest absolute Gasteiger partial charge is 0.340 e. The van der Waals surface area contributed by atoms with Gasteiger partial charge in [-0.3, -0.25) is 4.79 Å². The van der Waals surface area contributed by atoms with Crippen LogP contribution in [0.15, 0.2) is 42.6 Å². The lowest BCUT2D eigenvalue weighted by Crippen LogP contribution is -2.20. The van der Waals surface area contributed by atoms with E-state index in [0.29, 0.717) is 21.9 Å². The number of aromatic nitrogens is 3. The Balaban J connectivity index is 1.64. The molecular weight excluding hydrogens is 431 g/mol. The lowest BCUT2D eigenvalue weighted by Gasteiger charge is -2.07. The van der Waals surface area contributed by atoms with Crippen LogP contribution in [0.25, 0.3) is 22.2 Å². The van der Waals surface area contributed by atoms with Crippen molar-refractivity contribution in [1.82, 2.24) is 14.8 Å². The highest BCUT2D eigenvalue weighted by Gasteiger charge is 2.20. The molecule has 0 saturated carbocycles. The van der Waals surface area contributed by atoms with Crippen molar-refractivity contribution >= 4 is 39.2 Å². The van der Waals surface area contributed by atoms with Crippen LogP contribution in [0.2, 0.25) is 0 Å². The molecule has 7 nitrogen and oxygen atoms in total. The van der Waals surface area contributed by atoms with E-state index in [1.165, 1.54) is 35.3 Å². The van der Waals surface area contributed by atoms with E-state index in [9.17, 15) is 14.0 Å². The molecular formula is C23H21FN4O3S. The number of esters is 1. The van der Waals surface area contributed by atoms with Gasteiger partial charge in [-0.1, -0.05) is 19.1 Å². The third-order valence-corrected chi connectivity index (χ3v) is 6.24. The predicted octanol–water partition coefficient (Wildman–Crippen LogP) is 4.60. The van der Waals surface area contributed by atoms with Crippen molar-refractivity contribution in [2.75, 3.05) is 12.4 Å². The van der Waals surface area contributed by atoms with Crippen LogP contribution in [0.3, 0.4) is 0 Å². The lowest BCUT2D eigenvalue weighted by molar-refractivity contribution is -0.116. The number of benzene rings is 1. The van der Waals surface area contributed by atoms with Crippen molar-refractivity contribution in [1.29, 1.82) is 0 Å². The van der Waals surface area contributed by atoms with E-state index in [1.54, 1.807) is 24.4 Å². The van der Waals surface area contributed by atoms with Crippen LogP contribution >= 0.6 is 11.3 Å². The Labute approximate surface area is 187 Å². The average molecular weight is 453 g/mol. The highest BCUT2D eigenvalue weighted by molar-refractivity contribution is 7.16. The molecule has 4 rings (SSSR count). The second-order valence-corrected chi connectivity index (χ2v) is 8.29. The second-order valence-electron chi connectivity index (χ2n) is 7.16. The minimum Gasteiger partial charge on any atom is -0.465 e. The fraction of sp³-hybridized carbons (Fsp3) is 0.217. The zero-order valence-corrected chi connectivity index (χ0v) is 18.6. The van der Waals surface area contributed by atoms with Gasteiger partial charge in [0.25, 0.3) is 0 Å². The number of aryl methyl sites for hydroxylation is 2. The number of pyridine rings is 1. The van der Waals surface area contributed by atoms with Crippen LogP contribution in [-0.4, -0.2) is 33.8 Å². The second kappa shape index (κ2) is 8.88. The fourth-order valence-electron chi connectivity index (χ4n) is 3.53. The lowest BCUT2D eigenvalue weighted by atomic mass is 10.0. The van der Waals surface area contributed by atoms with E-state index in [4.69, 9.17) is 4.74 Å². The van der Waals surface area contributed by atoms with Gasteiger partial charge in [0.2, 0.25) is 5.91 Å². The summed E-state index contributed by atoms with van der Waals surface area (Å²) >= 11 is 1.34. The summed E-state index contributed by atoms with van der Waals surface area (Å²) in [7, 11) is 1.31. The highest BCUT2D eigenvalue weighted by atomic mass is 32.1. The molecule has 1 amide bonds. The number of halogens is 1. The first-order valence-corrected chi connectivity index (χ1v) is 10.8. The molecule has 0 bridgehead atoms. The van der Waals surface area contributed by atoms with Gasteiger partial charge in [0.05, 0.1) is 18.4 Å². The van der Waals surface area contributed by atoms with Gasteiger partial charge >= 0.3 is 5.97 Å². The maximum absolute atomic E-state index is 13.3. The molecule has 0 atom stereocenters. The maximum Gasteiger partial charge on any atom is 0.340 e. The molecule has 0 spiro atoms. The largest absolute Gasteiger partial charge is 0.465 e. The summed E-state index contributed by atoms with van der Waals surface area (Å²) in [6.07, 6.45) is 2.38. The number of ether oxygens (including phenoxy) is 1. The van der Waals surface area contributed by atoms with Crippen LogP contribution < -0.4 is 5.32 Å². The Kier molecular flexibility index (Phi) is 6.00. The van der Waals surface area contributed by atoms with Crippen molar-refractivity contribution in [2.45, 2.75) is 26.8 Å². The molecule has 4 aromatic rings. The molecule has 0 saturated heterocycles. The number of nitrogens with one attached hydrogen (secondary N) is 1. The van der Waals surface area contributed by atoms with Crippen LogP contribution in [0.4, 0.5) is 9.39 Å². The van der Waals surface area contributed by atoms with Gasteiger partial charge in [0, 0.05) is 16.5 Å². The van der Waals surface area contributed by atoms with Gasteiger partial charge in [-0.05, 0) is 48.7 Å². The van der Waals surface area contributed by atoms with Crippen LogP contribution in [0, 0.1) is 12.7 Å². The van der Waals surface area contributed by atoms with Gasteiger partial charge in [0.15, 0.2) is 5.65 Å². The topological polar surface area (TPSA) is 86.1 Å². The number of fused-ring (bicyclic) bond motifs is 1. The first-order chi connectivity index (χ1) is 15.4. The SMILES string of the molecule is CCc1cc(C(=O)OC)c(NC(=O)Cn2nc(C)c3c(-c4ccc(F)cc4)ccnc32)s1. The van der Waals surface area contributed by atoms with Crippen molar-refractivity contribution < 1.29 is 18.7 Å². The van der Waals surface area contributed by atoms with Gasteiger partial charge in [0.1, 0.15) is 17.4 Å². The Morgan fingerprint density at radius 2 is 1.97 bits per heavy atom. The van der Waals surface area contributed by atoms with E-state index in [-0.39, 0.29) is 18.3 Å². The highest BCUT2D eigenvalue weighted by Crippen LogP contribution is 2.31. The number of carbonyl (C=O) groups is 2. The number of hydrogen-bond acceptors (Lipinski definition) is 6. The van der Waals surface area contributed by atoms with Crippen LogP contribution in [-0.2, 0) is 22.5 Å². The predicted molar refractivity (Wildman–Crippen MR) is 121 cm³/mol. The summed E-state index contributed by atoms with van der Waals surface area (Å²) in [4.78, 5) is 30.2. The Hall–Kier alpha value is -3.59. The number of anilines is 1. The van der Waals surface area contributed by atoms with Crippen LogP contribution in [0.1, 0.15) is 27.9 Å². The van der Waals surface area contributed by atoms with E-state index in [1.807, 2.05) is 19.9 Å². The number of rotatable bonds is 6. The molecule has 1 N–H and O–H groups in total. The molecule has 9 heteroatoms. The number of thiophene rings is 1. The van der Waals surface area contributed by atoms with Crippen LogP contribution in [0.5, 0.6) is 0 Å². The summed E-state index contributed by atoms with van der Waals surface area (Å²) in [5.41, 5.74) is 3.28. The Bertz CT molecular complexity index is 1310. The molecule has 0 fully saturated rings. The molecule has 0 aliphatic carbocycles. The monoisotopic (exact) mass is 452 g/mol. The minimum absolute atomic E-state index is 0.0792. The zero-order chi connectivity index (χ0) is 22.8. The first kappa shape index (κ1) is 21.6. The summed E-state index contributed by atoms with van der Waals surface area (Å²) in [5.74, 6) is -1.14. The molecule has 0 unspecified atom stereocenters. The standard InChI is InChI=1S/C23H21FN4O3S/c1-4-16-11-18(23(30)31-3)22(32-16)26-19(29)12-28-21-20(13(2)27-28)17(9-10-25-21)14-5-7-15(24)8-6-14/h5-11H,4,12H2,1-3H3,(H,26,29).